The second kappa shape index (κ2) is 4.99. The molecule has 0 N–H and O–H groups in total. The Kier molecular flexibility index (Phi) is 2.89. The molecular weight excluding hydrogens is 316 g/mol. The van der Waals surface area contributed by atoms with Crippen molar-refractivity contribution in [3.05, 3.63) is 47.0 Å². The highest BCUT2D eigenvalue weighted by molar-refractivity contribution is 7.99. The van der Waals surface area contributed by atoms with Gasteiger partial charge in [0.05, 0.1) is 5.71 Å². The molecule has 4 heteroatoms. The molecule has 1 amide bonds. The van der Waals surface area contributed by atoms with Crippen molar-refractivity contribution in [1.29, 1.82) is 0 Å². The van der Waals surface area contributed by atoms with Crippen LogP contribution in [0.1, 0.15) is 11.1 Å². The van der Waals surface area contributed by atoms with Gasteiger partial charge in [-0.1, -0.05) is 30.2 Å². The Balaban J connectivity index is 1.80. The van der Waals surface area contributed by atoms with E-state index in [9.17, 15) is 4.79 Å². The van der Waals surface area contributed by atoms with Gasteiger partial charge in [0.1, 0.15) is 5.57 Å². The standard InChI is InChI=1S/C20H14N2OS/c1-2-12-18-14-6-7-16(22-8-10-24-11-9-22)13-4-3-5-15(17(13)14)19(18)21-20(12)23/h1,3-7H,8-11H2. The van der Waals surface area contributed by atoms with Crippen molar-refractivity contribution in [2.24, 2.45) is 4.99 Å². The number of benzene rings is 2. The van der Waals surface area contributed by atoms with Gasteiger partial charge in [-0.3, -0.25) is 4.79 Å². The van der Waals surface area contributed by atoms with Crippen LogP contribution in [0.4, 0.5) is 5.69 Å². The van der Waals surface area contributed by atoms with Crippen molar-refractivity contribution in [2.45, 2.75) is 0 Å². The summed E-state index contributed by atoms with van der Waals surface area (Å²) >= 11 is 2.01. The lowest BCUT2D eigenvalue weighted by Gasteiger charge is -2.29. The number of fused-ring (bicyclic) bond motifs is 3. The number of aliphatic imine (C=N–C) groups is 1. The summed E-state index contributed by atoms with van der Waals surface area (Å²) < 4.78 is 0. The first-order valence-corrected chi connectivity index (χ1v) is 9.18. The van der Waals surface area contributed by atoms with Crippen molar-refractivity contribution in [3.63, 3.8) is 0 Å². The first-order valence-electron chi connectivity index (χ1n) is 8.03. The molecule has 24 heavy (non-hydrogen) atoms. The number of rotatable bonds is 1. The molecule has 2 aromatic rings. The summed E-state index contributed by atoms with van der Waals surface area (Å²) in [5, 5.41) is 2.41. The molecule has 0 radical (unpaired) electrons. The number of nitrogens with zero attached hydrogens (tertiary/aromatic N) is 2. The van der Waals surface area contributed by atoms with E-state index in [1.165, 1.54) is 16.5 Å². The Morgan fingerprint density at radius 1 is 1.12 bits per heavy atom. The second-order valence-electron chi connectivity index (χ2n) is 6.12. The molecule has 5 rings (SSSR count). The normalized spacial score (nSPS) is 18.9. The molecule has 116 valence electrons. The monoisotopic (exact) mass is 330 g/mol. The molecule has 1 aliphatic carbocycles. The molecule has 2 heterocycles. The molecule has 0 atom stereocenters. The molecule has 1 fully saturated rings. The largest absolute Gasteiger partial charge is 0.369 e. The molecule has 0 saturated carbocycles. The van der Waals surface area contributed by atoms with Crippen LogP contribution in [0.3, 0.4) is 0 Å². The number of terminal acetylenes is 1. The van der Waals surface area contributed by atoms with Gasteiger partial charge < -0.3 is 4.90 Å². The summed E-state index contributed by atoms with van der Waals surface area (Å²) in [6.45, 7) is 2.14. The van der Waals surface area contributed by atoms with Gasteiger partial charge in [0.15, 0.2) is 0 Å². The highest BCUT2D eigenvalue weighted by Gasteiger charge is 2.35. The predicted octanol–water partition coefficient (Wildman–Crippen LogP) is 3.12. The molecule has 0 bridgehead atoms. The van der Waals surface area contributed by atoms with Crippen LogP contribution in [-0.4, -0.2) is 36.2 Å². The van der Waals surface area contributed by atoms with Crippen LogP contribution in [0, 0.1) is 12.3 Å². The van der Waals surface area contributed by atoms with Gasteiger partial charge in [0.25, 0.3) is 5.91 Å². The zero-order valence-corrected chi connectivity index (χ0v) is 13.8. The topological polar surface area (TPSA) is 32.7 Å². The lowest BCUT2D eigenvalue weighted by atomic mass is 9.99. The number of carbonyl (C=O) groups is 1. The summed E-state index contributed by atoms with van der Waals surface area (Å²) in [5.41, 5.74) is 5.34. The summed E-state index contributed by atoms with van der Waals surface area (Å²) in [6.07, 6.45) is 5.58. The minimum atomic E-state index is -0.290. The number of carbonyl (C=O) groups excluding carboxylic acids is 1. The smallest absolute Gasteiger partial charge is 0.286 e. The van der Waals surface area contributed by atoms with Crippen LogP contribution in [0.5, 0.6) is 0 Å². The van der Waals surface area contributed by atoms with Gasteiger partial charge >= 0.3 is 0 Å². The van der Waals surface area contributed by atoms with E-state index in [2.05, 4.69) is 34.0 Å². The van der Waals surface area contributed by atoms with Gasteiger partial charge in [-0.2, -0.15) is 11.8 Å². The van der Waals surface area contributed by atoms with Gasteiger partial charge in [-0.15, -0.1) is 6.42 Å². The van der Waals surface area contributed by atoms with Gasteiger partial charge in [0.2, 0.25) is 0 Å². The molecule has 0 unspecified atom stereocenters. The first kappa shape index (κ1) is 13.9. The number of amides is 1. The number of hydrogen-bond acceptors (Lipinski definition) is 3. The lowest BCUT2D eigenvalue weighted by Crippen LogP contribution is -2.32. The van der Waals surface area contributed by atoms with Crippen molar-refractivity contribution in [3.8, 4) is 12.3 Å². The Hall–Kier alpha value is -2.51. The van der Waals surface area contributed by atoms with E-state index < -0.39 is 0 Å². The van der Waals surface area contributed by atoms with E-state index in [-0.39, 0.29) is 5.91 Å². The van der Waals surface area contributed by atoms with Crippen molar-refractivity contribution in [2.75, 3.05) is 29.5 Å². The molecule has 0 spiro atoms. The maximum absolute atomic E-state index is 12.1. The highest BCUT2D eigenvalue weighted by atomic mass is 32.2. The molecule has 2 aromatic carbocycles. The molecule has 3 nitrogen and oxygen atoms in total. The third-order valence-corrected chi connectivity index (χ3v) is 5.89. The van der Waals surface area contributed by atoms with E-state index in [4.69, 9.17) is 6.42 Å². The summed E-state index contributed by atoms with van der Waals surface area (Å²) in [6, 6.07) is 10.5. The molecule has 3 aliphatic rings. The van der Waals surface area contributed by atoms with E-state index in [0.717, 1.165) is 47.0 Å². The van der Waals surface area contributed by atoms with E-state index in [1.54, 1.807) is 0 Å². The summed E-state index contributed by atoms with van der Waals surface area (Å²) in [4.78, 5) is 18.7. The van der Waals surface area contributed by atoms with E-state index in [0.29, 0.717) is 5.57 Å². The minimum absolute atomic E-state index is 0.290. The average Bonchev–Trinajstić information content (AvgIpc) is 3.11. The number of thioether (sulfide) groups is 1. The van der Waals surface area contributed by atoms with Crippen LogP contribution in [0.2, 0.25) is 0 Å². The molecular formula is C20H14N2OS. The SMILES string of the molecule is C#CC1=C2C(=NC1=O)c1cccc3c(N4CCSCC4)ccc2c13. The fourth-order valence-electron chi connectivity index (χ4n) is 3.91. The maximum atomic E-state index is 12.1. The third-order valence-electron chi connectivity index (χ3n) is 4.95. The zero-order valence-electron chi connectivity index (χ0n) is 13.0. The van der Waals surface area contributed by atoms with Gasteiger partial charge in [-0.05, 0) is 11.6 Å². The molecule has 0 aromatic heterocycles. The maximum Gasteiger partial charge on any atom is 0.286 e. The zero-order chi connectivity index (χ0) is 16.3. The fourth-order valence-corrected chi connectivity index (χ4v) is 4.81. The number of allylic oxidation sites excluding steroid dienone is 1. The molecule has 1 saturated heterocycles. The van der Waals surface area contributed by atoms with Crippen molar-refractivity contribution < 1.29 is 4.79 Å². The Morgan fingerprint density at radius 2 is 1.96 bits per heavy atom. The van der Waals surface area contributed by atoms with Crippen molar-refractivity contribution >= 4 is 45.4 Å². The van der Waals surface area contributed by atoms with Crippen LogP contribution in [0.15, 0.2) is 40.9 Å². The van der Waals surface area contributed by atoms with Crippen LogP contribution < -0.4 is 4.90 Å². The van der Waals surface area contributed by atoms with Crippen molar-refractivity contribution in [1.82, 2.24) is 0 Å². The fraction of sp³-hybridized carbons (Fsp3) is 0.200. The first-order chi connectivity index (χ1) is 11.8. The second-order valence-corrected chi connectivity index (χ2v) is 7.34. The number of anilines is 1. The predicted molar refractivity (Wildman–Crippen MR) is 101 cm³/mol. The molecule has 2 aliphatic heterocycles. The Morgan fingerprint density at radius 3 is 2.75 bits per heavy atom. The summed E-state index contributed by atoms with van der Waals surface area (Å²) in [5.74, 6) is 4.58. The van der Waals surface area contributed by atoms with Crippen LogP contribution in [-0.2, 0) is 4.79 Å². The number of hydrogen-bond donors (Lipinski definition) is 0. The van der Waals surface area contributed by atoms with E-state index >= 15 is 0 Å². The van der Waals surface area contributed by atoms with Gasteiger partial charge in [0, 0.05) is 52.2 Å². The minimum Gasteiger partial charge on any atom is -0.369 e. The average molecular weight is 330 g/mol. The third kappa shape index (κ3) is 1.71. The quantitative estimate of drug-likeness (QED) is 0.753. The van der Waals surface area contributed by atoms with Crippen LogP contribution in [0.25, 0.3) is 16.3 Å². The lowest BCUT2D eigenvalue weighted by molar-refractivity contribution is -0.113. The van der Waals surface area contributed by atoms with Gasteiger partial charge in [-0.25, -0.2) is 4.99 Å². The summed E-state index contributed by atoms with van der Waals surface area (Å²) in [7, 11) is 0. The van der Waals surface area contributed by atoms with E-state index in [1.807, 2.05) is 23.9 Å². The Labute approximate surface area is 144 Å². The van der Waals surface area contributed by atoms with Crippen LogP contribution >= 0.6 is 11.8 Å². The highest BCUT2D eigenvalue weighted by Crippen LogP contribution is 2.45. The Bertz CT molecular complexity index is 1020.